The topological polar surface area (TPSA) is 89.5 Å². The van der Waals surface area contributed by atoms with Crippen LogP contribution >= 0.6 is 11.6 Å². The van der Waals surface area contributed by atoms with Crippen LogP contribution in [0.1, 0.15) is 19.5 Å². The predicted molar refractivity (Wildman–Crippen MR) is 136 cm³/mol. The molecule has 180 valence electrons. The number of halogens is 1. The molecule has 0 spiro atoms. The molecule has 0 saturated heterocycles. The van der Waals surface area contributed by atoms with Crippen LogP contribution in [0.25, 0.3) is 10.9 Å². The Balaban J connectivity index is 1.53. The lowest BCUT2D eigenvalue weighted by atomic mass is 10.2. The molecule has 35 heavy (non-hydrogen) atoms. The van der Waals surface area contributed by atoms with Crippen molar-refractivity contribution in [3.8, 4) is 11.5 Å². The highest BCUT2D eigenvalue weighted by Gasteiger charge is 2.16. The van der Waals surface area contributed by atoms with Gasteiger partial charge in [-0.1, -0.05) is 23.7 Å². The second kappa shape index (κ2) is 11.0. The van der Waals surface area contributed by atoms with E-state index in [1.807, 2.05) is 49.4 Å². The van der Waals surface area contributed by atoms with Crippen molar-refractivity contribution >= 4 is 39.9 Å². The fourth-order valence-corrected chi connectivity index (χ4v) is 3.63. The molecule has 0 unspecified atom stereocenters. The van der Waals surface area contributed by atoms with Gasteiger partial charge in [-0.15, -0.1) is 0 Å². The number of amides is 1. The minimum absolute atomic E-state index is 0.0194. The molecule has 4 aromatic rings. The molecule has 2 heterocycles. The Hall–Kier alpha value is -3.91. The number of hydrogen-bond donors (Lipinski definition) is 1. The zero-order chi connectivity index (χ0) is 24.8. The van der Waals surface area contributed by atoms with E-state index in [-0.39, 0.29) is 11.9 Å². The first-order chi connectivity index (χ1) is 16.9. The molecule has 4 rings (SSSR count). The van der Waals surface area contributed by atoms with Crippen molar-refractivity contribution in [3.05, 3.63) is 77.8 Å². The number of aromatic nitrogens is 3. The summed E-state index contributed by atoms with van der Waals surface area (Å²) in [6.07, 6.45) is 3.21. The summed E-state index contributed by atoms with van der Waals surface area (Å²) in [5.74, 6) is 1.74. The highest BCUT2D eigenvalue weighted by molar-refractivity contribution is 6.32. The summed E-state index contributed by atoms with van der Waals surface area (Å²) >= 11 is 6.48. The van der Waals surface area contributed by atoms with Crippen LogP contribution in [0.15, 0.2) is 67.1 Å². The number of carbonyl (C=O) groups excluding carboxylic acids is 1. The number of fused-ring (bicyclic) bond motifs is 1. The number of nitrogens with zero attached hydrogens (tertiary/aromatic N) is 4. The van der Waals surface area contributed by atoms with Gasteiger partial charge >= 0.3 is 0 Å². The Kier molecular flexibility index (Phi) is 7.62. The Morgan fingerprint density at radius 3 is 2.66 bits per heavy atom. The molecular formula is C26H26ClN5O3. The molecule has 0 bridgehead atoms. The van der Waals surface area contributed by atoms with Gasteiger partial charge in [0.25, 0.3) is 0 Å². The Labute approximate surface area is 208 Å². The van der Waals surface area contributed by atoms with Crippen molar-refractivity contribution in [1.82, 2.24) is 19.9 Å². The number of likely N-dealkylation sites (N-methyl/N-ethyl adjacent to an activating group) is 1. The number of rotatable bonds is 9. The minimum Gasteiger partial charge on any atom is -0.491 e. The van der Waals surface area contributed by atoms with Crippen molar-refractivity contribution in [3.63, 3.8) is 0 Å². The number of hydrogen-bond acceptors (Lipinski definition) is 7. The molecule has 0 aliphatic heterocycles. The summed E-state index contributed by atoms with van der Waals surface area (Å²) in [6, 6.07) is 16.6. The smallest absolute Gasteiger partial charge is 0.219 e. The highest BCUT2D eigenvalue weighted by Crippen LogP contribution is 2.34. The summed E-state index contributed by atoms with van der Waals surface area (Å²) in [6.45, 7) is 4.12. The second-order valence-corrected chi connectivity index (χ2v) is 8.45. The fourth-order valence-electron chi connectivity index (χ4n) is 3.39. The number of pyridine rings is 1. The van der Waals surface area contributed by atoms with Gasteiger partial charge in [-0.05, 0) is 49.4 Å². The highest BCUT2D eigenvalue weighted by atomic mass is 35.5. The van der Waals surface area contributed by atoms with Gasteiger partial charge in [-0.2, -0.15) is 0 Å². The van der Waals surface area contributed by atoms with Gasteiger partial charge in [-0.25, -0.2) is 9.97 Å². The number of benzene rings is 2. The molecule has 2 aromatic carbocycles. The molecular weight excluding hydrogens is 466 g/mol. The number of carbonyl (C=O) groups is 1. The zero-order valence-corrected chi connectivity index (χ0v) is 20.5. The summed E-state index contributed by atoms with van der Waals surface area (Å²) < 4.78 is 11.9. The third-order valence-electron chi connectivity index (χ3n) is 5.56. The van der Waals surface area contributed by atoms with E-state index in [1.54, 1.807) is 30.3 Å². The summed E-state index contributed by atoms with van der Waals surface area (Å²) in [7, 11) is 1.75. The first-order valence-corrected chi connectivity index (χ1v) is 11.5. The van der Waals surface area contributed by atoms with Gasteiger partial charge in [0.2, 0.25) is 5.91 Å². The third kappa shape index (κ3) is 5.96. The van der Waals surface area contributed by atoms with E-state index in [0.717, 1.165) is 22.3 Å². The van der Waals surface area contributed by atoms with Crippen molar-refractivity contribution in [2.24, 2.45) is 0 Å². The Bertz CT molecular complexity index is 1310. The second-order valence-electron chi connectivity index (χ2n) is 8.04. The lowest BCUT2D eigenvalue weighted by Crippen LogP contribution is -2.37. The van der Waals surface area contributed by atoms with E-state index < -0.39 is 0 Å². The zero-order valence-electron chi connectivity index (χ0n) is 19.7. The molecule has 8 nitrogen and oxygen atoms in total. The average molecular weight is 492 g/mol. The first kappa shape index (κ1) is 24.2. The van der Waals surface area contributed by atoms with Crippen LogP contribution in [0.2, 0.25) is 5.02 Å². The first-order valence-electron chi connectivity index (χ1n) is 11.1. The van der Waals surface area contributed by atoms with E-state index in [9.17, 15) is 4.79 Å². The molecule has 0 radical (unpaired) electrons. The van der Waals surface area contributed by atoms with Gasteiger partial charge in [0.05, 0.1) is 27.7 Å². The normalized spacial score (nSPS) is 11.7. The molecule has 0 aliphatic carbocycles. The molecule has 1 amide bonds. The minimum atomic E-state index is -0.0961. The SMILES string of the molecule is CC(=O)N(C)[C@@H](C)COc1cccc2ncnc(Nc3ccc(OCc4ccccn4)c(Cl)c3)c12. The Morgan fingerprint density at radius 2 is 1.91 bits per heavy atom. The predicted octanol–water partition coefficient (Wildman–Crippen LogP) is 5.25. The van der Waals surface area contributed by atoms with Crippen molar-refractivity contribution in [2.75, 3.05) is 19.0 Å². The van der Waals surface area contributed by atoms with E-state index >= 15 is 0 Å². The largest absolute Gasteiger partial charge is 0.491 e. The van der Waals surface area contributed by atoms with Gasteiger partial charge in [0.1, 0.15) is 36.9 Å². The summed E-state index contributed by atoms with van der Waals surface area (Å²) in [5, 5.41) is 4.51. The third-order valence-corrected chi connectivity index (χ3v) is 5.85. The Morgan fingerprint density at radius 1 is 1.06 bits per heavy atom. The van der Waals surface area contributed by atoms with Crippen molar-refractivity contribution in [2.45, 2.75) is 26.5 Å². The summed E-state index contributed by atoms with van der Waals surface area (Å²) in [5.41, 5.74) is 2.28. The standard InChI is InChI=1S/C26H26ClN5O3/c1-17(32(3)18(2)33)14-34-24-9-6-8-22-25(24)26(30-16-29-22)31-19-10-11-23(21(27)13-19)35-15-20-7-4-5-12-28-20/h4-13,16-17H,14-15H2,1-3H3,(H,29,30,31)/t17-/m0/s1. The van der Waals surface area contributed by atoms with Crippen LogP contribution in [0.4, 0.5) is 11.5 Å². The van der Waals surface area contributed by atoms with E-state index in [2.05, 4.69) is 20.3 Å². The van der Waals surface area contributed by atoms with Crippen LogP contribution in [-0.4, -0.2) is 45.5 Å². The van der Waals surface area contributed by atoms with Crippen molar-refractivity contribution < 1.29 is 14.3 Å². The lowest BCUT2D eigenvalue weighted by molar-refractivity contribution is -0.129. The molecule has 0 aliphatic rings. The van der Waals surface area contributed by atoms with Crippen LogP contribution in [0.5, 0.6) is 11.5 Å². The molecule has 0 fully saturated rings. The van der Waals surface area contributed by atoms with Gasteiger partial charge in [0, 0.05) is 25.9 Å². The van der Waals surface area contributed by atoms with Gasteiger partial charge in [0.15, 0.2) is 0 Å². The maximum Gasteiger partial charge on any atom is 0.219 e. The van der Waals surface area contributed by atoms with Crippen LogP contribution in [0.3, 0.4) is 0 Å². The quantitative estimate of drug-likeness (QED) is 0.342. The van der Waals surface area contributed by atoms with E-state index in [4.69, 9.17) is 21.1 Å². The maximum absolute atomic E-state index is 11.6. The molecule has 9 heteroatoms. The van der Waals surface area contributed by atoms with Crippen LogP contribution in [-0.2, 0) is 11.4 Å². The summed E-state index contributed by atoms with van der Waals surface area (Å²) in [4.78, 5) is 26.3. The number of ether oxygens (including phenoxy) is 2. The molecule has 0 saturated carbocycles. The van der Waals surface area contributed by atoms with Gasteiger partial charge in [-0.3, -0.25) is 9.78 Å². The molecule has 1 N–H and O–H groups in total. The fraction of sp³-hybridized carbons (Fsp3) is 0.231. The van der Waals surface area contributed by atoms with E-state index in [0.29, 0.717) is 35.6 Å². The number of anilines is 2. The molecule has 1 atom stereocenters. The van der Waals surface area contributed by atoms with Gasteiger partial charge < -0.3 is 19.7 Å². The average Bonchev–Trinajstić information content (AvgIpc) is 2.87. The maximum atomic E-state index is 11.6. The number of nitrogens with one attached hydrogen (secondary N) is 1. The molecule has 2 aromatic heterocycles. The van der Waals surface area contributed by atoms with Crippen molar-refractivity contribution in [1.29, 1.82) is 0 Å². The lowest BCUT2D eigenvalue weighted by Gasteiger charge is -2.24. The van der Waals surface area contributed by atoms with E-state index in [1.165, 1.54) is 13.3 Å². The van der Waals surface area contributed by atoms with Crippen LogP contribution < -0.4 is 14.8 Å². The monoisotopic (exact) mass is 491 g/mol. The van der Waals surface area contributed by atoms with Crippen LogP contribution in [0, 0.1) is 0 Å².